The Labute approximate surface area is 162 Å². The molecule has 0 atom stereocenters. The number of carbonyl (C=O) groups excluding carboxylic acids is 2. The molecule has 27 heavy (non-hydrogen) atoms. The maximum atomic E-state index is 12.4. The first-order valence-corrected chi connectivity index (χ1v) is 9.38. The zero-order valence-electron chi connectivity index (χ0n) is 14.9. The quantitative estimate of drug-likeness (QED) is 0.658. The summed E-state index contributed by atoms with van der Waals surface area (Å²) in [7, 11) is 1.59. The molecule has 5 nitrogen and oxygen atoms in total. The Balaban J connectivity index is 1.59. The molecule has 0 bridgehead atoms. The van der Waals surface area contributed by atoms with Crippen LogP contribution in [0.3, 0.4) is 0 Å². The van der Waals surface area contributed by atoms with Gasteiger partial charge in [-0.1, -0.05) is 24.3 Å². The summed E-state index contributed by atoms with van der Waals surface area (Å²) < 4.78 is 5.74. The van der Waals surface area contributed by atoms with Gasteiger partial charge in [0.15, 0.2) is 0 Å². The second-order valence-corrected chi connectivity index (χ2v) is 6.89. The lowest BCUT2D eigenvalue weighted by Gasteiger charge is -2.09. The molecule has 3 rings (SSSR count). The molecule has 138 valence electrons. The molecule has 0 aliphatic heterocycles. The number of hydrogen-bond acceptors (Lipinski definition) is 4. The third-order valence-electron chi connectivity index (χ3n) is 3.93. The van der Waals surface area contributed by atoms with Gasteiger partial charge in [0.25, 0.3) is 11.8 Å². The van der Waals surface area contributed by atoms with Crippen LogP contribution in [0.2, 0.25) is 0 Å². The minimum Gasteiger partial charge on any atom is -0.488 e. The molecule has 0 aliphatic carbocycles. The SMILES string of the molecule is CNC(=O)c1cccc(CNC(=O)c2cccc(OCc3cccs3)c2)c1. The van der Waals surface area contributed by atoms with Gasteiger partial charge in [0.05, 0.1) is 0 Å². The van der Waals surface area contributed by atoms with Crippen LogP contribution in [-0.4, -0.2) is 18.9 Å². The van der Waals surface area contributed by atoms with Gasteiger partial charge in [0.1, 0.15) is 12.4 Å². The molecule has 0 saturated carbocycles. The maximum Gasteiger partial charge on any atom is 0.251 e. The summed E-state index contributed by atoms with van der Waals surface area (Å²) in [6.45, 7) is 0.818. The van der Waals surface area contributed by atoms with Crippen molar-refractivity contribution in [1.82, 2.24) is 10.6 Å². The van der Waals surface area contributed by atoms with E-state index in [0.717, 1.165) is 10.4 Å². The van der Waals surface area contributed by atoms with Crippen LogP contribution in [0.1, 0.15) is 31.2 Å². The average Bonchev–Trinajstić information content (AvgIpc) is 3.24. The van der Waals surface area contributed by atoms with Gasteiger partial charge in [-0.2, -0.15) is 0 Å². The summed E-state index contributed by atoms with van der Waals surface area (Å²) in [6, 6.07) is 18.2. The fraction of sp³-hybridized carbons (Fsp3) is 0.143. The standard InChI is InChI=1S/C21H20N2O3S/c1-22-20(24)16-6-2-5-15(11-16)13-23-21(25)17-7-3-8-18(12-17)26-14-19-9-4-10-27-19/h2-12H,13-14H2,1H3,(H,22,24)(H,23,25). The van der Waals surface area contributed by atoms with E-state index in [1.165, 1.54) is 0 Å². The third kappa shape index (κ3) is 5.18. The predicted molar refractivity (Wildman–Crippen MR) is 106 cm³/mol. The Morgan fingerprint density at radius 3 is 2.48 bits per heavy atom. The van der Waals surface area contributed by atoms with Gasteiger partial charge in [-0.05, 0) is 47.3 Å². The zero-order chi connectivity index (χ0) is 19.1. The van der Waals surface area contributed by atoms with E-state index >= 15 is 0 Å². The van der Waals surface area contributed by atoms with Crippen molar-refractivity contribution in [2.24, 2.45) is 0 Å². The fourth-order valence-corrected chi connectivity index (χ4v) is 3.14. The van der Waals surface area contributed by atoms with Gasteiger partial charge in [-0.3, -0.25) is 9.59 Å². The van der Waals surface area contributed by atoms with Gasteiger partial charge in [-0.15, -0.1) is 11.3 Å². The monoisotopic (exact) mass is 380 g/mol. The van der Waals surface area contributed by atoms with Crippen molar-refractivity contribution in [1.29, 1.82) is 0 Å². The van der Waals surface area contributed by atoms with Crippen LogP contribution in [0, 0.1) is 0 Å². The molecule has 2 aromatic carbocycles. The van der Waals surface area contributed by atoms with Crippen LogP contribution < -0.4 is 15.4 Å². The van der Waals surface area contributed by atoms with Crippen molar-refractivity contribution in [2.75, 3.05) is 7.05 Å². The van der Waals surface area contributed by atoms with Crippen molar-refractivity contribution >= 4 is 23.2 Å². The van der Waals surface area contributed by atoms with Crippen LogP contribution in [0.25, 0.3) is 0 Å². The topological polar surface area (TPSA) is 67.4 Å². The van der Waals surface area contributed by atoms with E-state index in [0.29, 0.717) is 30.0 Å². The minimum atomic E-state index is -0.193. The van der Waals surface area contributed by atoms with Crippen molar-refractivity contribution < 1.29 is 14.3 Å². The highest BCUT2D eigenvalue weighted by atomic mass is 32.1. The molecule has 2 amide bonds. The summed E-state index contributed by atoms with van der Waals surface area (Å²) in [5.74, 6) is 0.304. The summed E-state index contributed by atoms with van der Waals surface area (Å²) in [5.41, 5.74) is 1.95. The largest absolute Gasteiger partial charge is 0.488 e. The maximum absolute atomic E-state index is 12.4. The smallest absolute Gasteiger partial charge is 0.251 e. The molecule has 0 aliphatic rings. The third-order valence-corrected chi connectivity index (χ3v) is 4.78. The van der Waals surface area contributed by atoms with Gasteiger partial charge in [-0.25, -0.2) is 0 Å². The first-order chi connectivity index (χ1) is 13.2. The Kier molecular flexibility index (Phi) is 6.22. The zero-order valence-corrected chi connectivity index (χ0v) is 15.7. The Morgan fingerprint density at radius 2 is 1.74 bits per heavy atom. The van der Waals surface area contributed by atoms with E-state index in [2.05, 4.69) is 10.6 Å². The highest BCUT2D eigenvalue weighted by molar-refractivity contribution is 7.09. The molecule has 0 saturated heterocycles. The van der Waals surface area contributed by atoms with Crippen molar-refractivity contribution in [3.63, 3.8) is 0 Å². The predicted octanol–water partition coefficient (Wildman–Crippen LogP) is 3.62. The Hall–Kier alpha value is -3.12. The second kappa shape index (κ2) is 9.00. The molecule has 0 spiro atoms. The Morgan fingerprint density at radius 1 is 0.963 bits per heavy atom. The van der Waals surface area contributed by atoms with E-state index < -0.39 is 0 Å². The van der Waals surface area contributed by atoms with Crippen LogP contribution in [0.5, 0.6) is 5.75 Å². The number of amides is 2. The summed E-state index contributed by atoms with van der Waals surface area (Å²) in [5, 5.41) is 7.46. The normalized spacial score (nSPS) is 10.3. The average molecular weight is 380 g/mol. The van der Waals surface area contributed by atoms with Gasteiger partial charge < -0.3 is 15.4 Å². The lowest BCUT2D eigenvalue weighted by molar-refractivity contribution is 0.0948. The number of nitrogens with one attached hydrogen (secondary N) is 2. The lowest BCUT2D eigenvalue weighted by atomic mass is 10.1. The number of benzene rings is 2. The number of ether oxygens (including phenoxy) is 1. The van der Waals surface area contributed by atoms with E-state index in [1.54, 1.807) is 54.8 Å². The van der Waals surface area contributed by atoms with E-state index in [9.17, 15) is 9.59 Å². The first kappa shape index (κ1) is 18.7. The van der Waals surface area contributed by atoms with Crippen molar-refractivity contribution in [3.05, 3.63) is 87.6 Å². The first-order valence-electron chi connectivity index (χ1n) is 8.50. The number of hydrogen-bond donors (Lipinski definition) is 2. The molecular formula is C21H20N2O3S. The molecule has 0 unspecified atom stereocenters. The lowest BCUT2D eigenvalue weighted by Crippen LogP contribution is -2.23. The van der Waals surface area contributed by atoms with Crippen LogP contribution >= 0.6 is 11.3 Å². The van der Waals surface area contributed by atoms with Crippen LogP contribution in [0.15, 0.2) is 66.0 Å². The molecule has 0 fully saturated rings. The van der Waals surface area contributed by atoms with Crippen LogP contribution in [-0.2, 0) is 13.2 Å². The minimum absolute atomic E-state index is 0.154. The molecule has 3 aromatic rings. The van der Waals surface area contributed by atoms with E-state index in [-0.39, 0.29) is 11.8 Å². The van der Waals surface area contributed by atoms with Gasteiger partial charge >= 0.3 is 0 Å². The fourth-order valence-electron chi connectivity index (χ4n) is 2.53. The highest BCUT2D eigenvalue weighted by Gasteiger charge is 2.08. The number of carbonyl (C=O) groups is 2. The van der Waals surface area contributed by atoms with Crippen molar-refractivity contribution in [3.8, 4) is 5.75 Å². The molecule has 1 aromatic heterocycles. The molecular weight excluding hydrogens is 360 g/mol. The summed E-state index contributed by atoms with van der Waals surface area (Å²) in [4.78, 5) is 25.3. The Bertz CT molecular complexity index is 923. The summed E-state index contributed by atoms with van der Waals surface area (Å²) >= 11 is 1.63. The van der Waals surface area contributed by atoms with E-state index in [1.807, 2.05) is 29.6 Å². The highest BCUT2D eigenvalue weighted by Crippen LogP contribution is 2.17. The number of thiophene rings is 1. The molecule has 1 heterocycles. The van der Waals surface area contributed by atoms with E-state index in [4.69, 9.17) is 4.74 Å². The molecule has 2 N–H and O–H groups in total. The van der Waals surface area contributed by atoms with Crippen LogP contribution in [0.4, 0.5) is 0 Å². The number of rotatable bonds is 7. The second-order valence-electron chi connectivity index (χ2n) is 5.86. The van der Waals surface area contributed by atoms with Gasteiger partial charge in [0.2, 0.25) is 0 Å². The molecule has 0 radical (unpaired) electrons. The van der Waals surface area contributed by atoms with Gasteiger partial charge in [0, 0.05) is 29.6 Å². The molecule has 6 heteroatoms. The summed E-state index contributed by atoms with van der Waals surface area (Å²) in [6.07, 6.45) is 0. The van der Waals surface area contributed by atoms with Crippen molar-refractivity contribution in [2.45, 2.75) is 13.2 Å².